The van der Waals surface area contributed by atoms with Gasteiger partial charge in [0.15, 0.2) is 0 Å². The fraction of sp³-hybridized carbons (Fsp3) is 0.500. The van der Waals surface area contributed by atoms with E-state index in [1.54, 1.807) is 33.2 Å². The van der Waals surface area contributed by atoms with Crippen LogP contribution in [0.15, 0.2) is 30.5 Å². The minimum absolute atomic E-state index is 0.181. The molecule has 0 aliphatic rings. The van der Waals surface area contributed by atoms with E-state index in [2.05, 4.69) is 10.3 Å². The number of amides is 2. The molecule has 7 nitrogen and oxygen atoms in total. The molecule has 2 rings (SSSR count). The Kier molecular flexibility index (Phi) is 8.67. The number of hydrogen-bond donors (Lipinski definition) is 1. The molecule has 0 saturated carbocycles. The van der Waals surface area contributed by atoms with E-state index in [1.165, 1.54) is 34.6 Å². The SMILES string of the molecule is COC(C)c1ncc(C(=O)NC(C)(C)CN(C)C(=O)C(C)OCc2ccc(F)cc2)s1. The number of benzene rings is 1. The zero-order chi connectivity index (χ0) is 23.2. The summed E-state index contributed by atoms with van der Waals surface area (Å²) >= 11 is 1.28. The zero-order valence-corrected chi connectivity index (χ0v) is 19.6. The van der Waals surface area contributed by atoms with Crippen LogP contribution in [-0.4, -0.2) is 54.0 Å². The Morgan fingerprint density at radius 3 is 2.52 bits per heavy atom. The van der Waals surface area contributed by atoms with E-state index < -0.39 is 11.6 Å². The van der Waals surface area contributed by atoms with Crippen molar-refractivity contribution >= 4 is 23.2 Å². The van der Waals surface area contributed by atoms with E-state index in [0.29, 0.717) is 11.4 Å². The number of hydrogen-bond acceptors (Lipinski definition) is 6. The molecule has 2 atom stereocenters. The van der Waals surface area contributed by atoms with Crippen molar-refractivity contribution in [2.45, 2.75) is 52.0 Å². The number of carbonyl (C=O) groups is 2. The minimum Gasteiger partial charge on any atom is -0.375 e. The summed E-state index contributed by atoms with van der Waals surface area (Å²) in [6.07, 6.45) is 0.669. The number of carbonyl (C=O) groups excluding carboxylic acids is 2. The number of likely N-dealkylation sites (N-methyl/N-ethyl adjacent to an activating group) is 1. The van der Waals surface area contributed by atoms with Gasteiger partial charge in [0, 0.05) is 20.7 Å². The smallest absolute Gasteiger partial charge is 0.263 e. The first-order chi connectivity index (χ1) is 14.5. The molecule has 0 aliphatic heterocycles. The maximum absolute atomic E-state index is 13.0. The van der Waals surface area contributed by atoms with Gasteiger partial charge in [0.2, 0.25) is 0 Å². The predicted molar refractivity (Wildman–Crippen MR) is 117 cm³/mol. The molecule has 2 aromatic rings. The van der Waals surface area contributed by atoms with Crippen molar-refractivity contribution in [2.24, 2.45) is 0 Å². The summed E-state index contributed by atoms with van der Waals surface area (Å²) in [7, 11) is 3.26. The highest BCUT2D eigenvalue weighted by Crippen LogP contribution is 2.22. The highest BCUT2D eigenvalue weighted by atomic mass is 32.1. The van der Waals surface area contributed by atoms with Gasteiger partial charge in [-0.05, 0) is 45.4 Å². The van der Waals surface area contributed by atoms with Crippen LogP contribution in [0, 0.1) is 5.82 Å². The molecule has 9 heteroatoms. The highest BCUT2D eigenvalue weighted by Gasteiger charge is 2.28. The van der Waals surface area contributed by atoms with Crippen molar-refractivity contribution in [3.8, 4) is 0 Å². The largest absolute Gasteiger partial charge is 0.375 e. The molecule has 0 radical (unpaired) electrons. The normalized spacial score (nSPS) is 13.5. The molecule has 0 aliphatic carbocycles. The lowest BCUT2D eigenvalue weighted by Crippen LogP contribution is -2.53. The van der Waals surface area contributed by atoms with Crippen molar-refractivity contribution in [3.05, 3.63) is 51.7 Å². The lowest BCUT2D eigenvalue weighted by Gasteiger charge is -2.32. The van der Waals surface area contributed by atoms with Gasteiger partial charge in [-0.2, -0.15) is 0 Å². The monoisotopic (exact) mass is 451 g/mol. The van der Waals surface area contributed by atoms with Crippen molar-refractivity contribution in [1.82, 2.24) is 15.2 Å². The topological polar surface area (TPSA) is 80.8 Å². The molecular weight excluding hydrogens is 421 g/mol. The molecule has 0 fully saturated rings. The number of nitrogens with one attached hydrogen (secondary N) is 1. The third-order valence-corrected chi connectivity index (χ3v) is 5.83. The Bertz CT molecular complexity index is 885. The summed E-state index contributed by atoms with van der Waals surface area (Å²) in [6.45, 7) is 7.72. The summed E-state index contributed by atoms with van der Waals surface area (Å²) in [4.78, 5) is 31.5. The van der Waals surface area contributed by atoms with Crippen LogP contribution in [0.25, 0.3) is 0 Å². The average molecular weight is 452 g/mol. The Balaban J connectivity index is 1.88. The summed E-state index contributed by atoms with van der Waals surface area (Å²) in [6, 6.07) is 5.94. The number of rotatable bonds is 10. The third-order valence-electron chi connectivity index (χ3n) is 4.67. The van der Waals surface area contributed by atoms with Crippen LogP contribution in [0.3, 0.4) is 0 Å². The van der Waals surface area contributed by atoms with Crippen LogP contribution in [0.2, 0.25) is 0 Å². The van der Waals surface area contributed by atoms with E-state index in [0.717, 1.165) is 10.6 Å². The van der Waals surface area contributed by atoms with Gasteiger partial charge in [-0.1, -0.05) is 12.1 Å². The fourth-order valence-corrected chi connectivity index (χ4v) is 3.79. The van der Waals surface area contributed by atoms with Crippen LogP contribution < -0.4 is 5.32 Å². The zero-order valence-electron chi connectivity index (χ0n) is 18.8. The lowest BCUT2D eigenvalue weighted by molar-refractivity contribution is -0.142. The molecule has 1 N–H and O–H groups in total. The number of thiazole rings is 1. The van der Waals surface area contributed by atoms with E-state index in [-0.39, 0.29) is 30.3 Å². The number of halogens is 1. The predicted octanol–water partition coefficient (Wildman–Crippen LogP) is 3.56. The van der Waals surface area contributed by atoms with Crippen molar-refractivity contribution in [2.75, 3.05) is 20.7 Å². The summed E-state index contributed by atoms with van der Waals surface area (Å²) in [5.74, 6) is -0.781. The minimum atomic E-state index is -0.679. The van der Waals surface area contributed by atoms with Crippen molar-refractivity contribution < 1.29 is 23.5 Å². The summed E-state index contributed by atoms with van der Waals surface area (Å²) in [5.41, 5.74) is 0.109. The van der Waals surface area contributed by atoms with Crippen molar-refractivity contribution in [3.63, 3.8) is 0 Å². The number of methoxy groups -OCH3 is 1. The quantitative estimate of drug-likeness (QED) is 0.597. The second kappa shape index (κ2) is 10.8. The van der Waals surface area contributed by atoms with E-state index in [9.17, 15) is 14.0 Å². The Hall–Kier alpha value is -2.36. The maximum Gasteiger partial charge on any atom is 0.263 e. The molecule has 1 aromatic carbocycles. The van der Waals surface area contributed by atoms with Crippen LogP contribution >= 0.6 is 11.3 Å². The molecule has 0 saturated heterocycles. The van der Waals surface area contributed by atoms with Gasteiger partial charge in [0.05, 0.1) is 18.3 Å². The molecule has 1 heterocycles. The maximum atomic E-state index is 13.0. The number of ether oxygens (including phenoxy) is 2. The highest BCUT2D eigenvalue weighted by molar-refractivity contribution is 7.13. The average Bonchev–Trinajstić information content (AvgIpc) is 3.21. The Morgan fingerprint density at radius 2 is 1.90 bits per heavy atom. The molecule has 31 heavy (non-hydrogen) atoms. The summed E-state index contributed by atoms with van der Waals surface area (Å²) < 4.78 is 23.8. The van der Waals surface area contributed by atoms with Gasteiger partial charge >= 0.3 is 0 Å². The first kappa shape index (κ1) is 24.9. The second-order valence-electron chi connectivity index (χ2n) is 8.05. The van der Waals surface area contributed by atoms with Gasteiger partial charge in [0.25, 0.3) is 11.8 Å². The van der Waals surface area contributed by atoms with Gasteiger partial charge in [0.1, 0.15) is 27.9 Å². The number of aromatic nitrogens is 1. The third kappa shape index (κ3) is 7.37. The number of nitrogens with zero attached hydrogens (tertiary/aromatic N) is 2. The van der Waals surface area contributed by atoms with E-state index >= 15 is 0 Å². The lowest BCUT2D eigenvalue weighted by atomic mass is 10.0. The van der Waals surface area contributed by atoms with Crippen LogP contribution in [0.5, 0.6) is 0 Å². The van der Waals surface area contributed by atoms with Crippen LogP contribution in [0.1, 0.15) is 54.0 Å². The molecular formula is C22H30FN3O4S. The second-order valence-corrected chi connectivity index (χ2v) is 9.11. The Morgan fingerprint density at radius 1 is 1.26 bits per heavy atom. The van der Waals surface area contributed by atoms with E-state index in [1.807, 2.05) is 20.8 Å². The van der Waals surface area contributed by atoms with Crippen molar-refractivity contribution in [1.29, 1.82) is 0 Å². The molecule has 0 spiro atoms. The van der Waals surface area contributed by atoms with Crippen LogP contribution in [-0.2, 0) is 20.9 Å². The molecule has 2 unspecified atom stereocenters. The van der Waals surface area contributed by atoms with Gasteiger partial charge in [-0.25, -0.2) is 9.37 Å². The van der Waals surface area contributed by atoms with Crippen LogP contribution in [0.4, 0.5) is 4.39 Å². The van der Waals surface area contributed by atoms with E-state index in [4.69, 9.17) is 9.47 Å². The molecule has 1 aromatic heterocycles. The van der Waals surface area contributed by atoms with Gasteiger partial charge in [-0.15, -0.1) is 11.3 Å². The van der Waals surface area contributed by atoms with Gasteiger partial charge in [-0.3, -0.25) is 9.59 Å². The standard InChI is InChI=1S/C22H30FN3O4S/c1-14(29-6)20-24-11-18(31-20)19(27)25-22(3,4)13-26(5)21(28)15(2)30-12-16-7-9-17(23)10-8-16/h7-11,14-15H,12-13H2,1-6H3,(H,25,27). The summed E-state index contributed by atoms with van der Waals surface area (Å²) in [5, 5.41) is 3.68. The molecule has 2 amide bonds. The molecule has 0 bridgehead atoms. The van der Waals surface area contributed by atoms with Gasteiger partial charge < -0.3 is 19.7 Å². The fourth-order valence-electron chi connectivity index (χ4n) is 2.94. The first-order valence-electron chi connectivity index (χ1n) is 9.94. The Labute approximate surface area is 186 Å². The molecule has 170 valence electrons. The first-order valence-corrected chi connectivity index (χ1v) is 10.8.